The molecule has 5 nitrogen and oxygen atoms in total. The number of nitrogens with zero attached hydrogens (tertiary/aromatic N) is 2. The van der Waals surface area contributed by atoms with Crippen LogP contribution in [0.2, 0.25) is 0 Å². The summed E-state index contributed by atoms with van der Waals surface area (Å²) in [7, 11) is 1.79. The van der Waals surface area contributed by atoms with E-state index in [4.69, 9.17) is 0 Å². The Morgan fingerprint density at radius 1 is 1.44 bits per heavy atom. The van der Waals surface area contributed by atoms with E-state index in [-0.39, 0.29) is 24.9 Å². The number of carbonyl (C=O) groups excluding carboxylic acids is 1. The minimum absolute atomic E-state index is 0.0559. The predicted octanol–water partition coefficient (Wildman–Crippen LogP) is 1.63. The van der Waals surface area contributed by atoms with Crippen LogP contribution in [0.1, 0.15) is 31.7 Å². The van der Waals surface area contributed by atoms with Gasteiger partial charge in [-0.3, -0.25) is 9.69 Å². The number of amides is 1. The maximum atomic E-state index is 13.7. The van der Waals surface area contributed by atoms with Gasteiger partial charge >= 0.3 is 0 Å². The maximum absolute atomic E-state index is 13.7. The van der Waals surface area contributed by atoms with Crippen molar-refractivity contribution in [1.82, 2.24) is 9.80 Å². The Kier molecular flexibility index (Phi) is 6.93. The van der Waals surface area contributed by atoms with Gasteiger partial charge in [-0.1, -0.05) is 31.5 Å². The minimum atomic E-state index is -0.632. The SMILES string of the molecule is CCC[C@@]1(CO)CN(C(=O)CN(C)Cc2ccccc2F)CC[C@@H]1O. The summed E-state index contributed by atoms with van der Waals surface area (Å²) in [5.74, 6) is -0.329. The lowest BCUT2D eigenvalue weighted by molar-refractivity contribution is -0.143. The van der Waals surface area contributed by atoms with Crippen molar-refractivity contribution in [3.63, 3.8) is 0 Å². The molecule has 1 aromatic carbocycles. The van der Waals surface area contributed by atoms with E-state index in [2.05, 4.69) is 0 Å². The van der Waals surface area contributed by atoms with Gasteiger partial charge in [-0.15, -0.1) is 0 Å². The second-order valence-electron chi connectivity index (χ2n) is 7.15. The van der Waals surface area contributed by atoms with Crippen LogP contribution in [-0.4, -0.2) is 65.3 Å². The van der Waals surface area contributed by atoms with Crippen LogP contribution in [0.4, 0.5) is 4.39 Å². The molecule has 2 rings (SSSR count). The zero-order chi connectivity index (χ0) is 18.4. The zero-order valence-corrected chi connectivity index (χ0v) is 15.1. The number of hydrogen-bond donors (Lipinski definition) is 2. The van der Waals surface area contributed by atoms with Crippen LogP contribution in [0.15, 0.2) is 24.3 Å². The summed E-state index contributed by atoms with van der Waals surface area (Å²) in [5, 5.41) is 20.1. The Hall–Kier alpha value is -1.50. The van der Waals surface area contributed by atoms with Crippen LogP contribution in [-0.2, 0) is 11.3 Å². The van der Waals surface area contributed by atoms with Crippen molar-refractivity contribution in [1.29, 1.82) is 0 Å². The molecule has 140 valence electrons. The molecule has 1 aromatic rings. The normalized spacial score (nSPS) is 23.9. The van der Waals surface area contributed by atoms with Crippen molar-refractivity contribution >= 4 is 5.91 Å². The number of hydrogen-bond acceptors (Lipinski definition) is 4. The number of benzene rings is 1. The van der Waals surface area contributed by atoms with Gasteiger partial charge in [0.25, 0.3) is 0 Å². The molecule has 0 radical (unpaired) electrons. The summed E-state index contributed by atoms with van der Waals surface area (Å²) in [5.41, 5.74) is -0.0743. The second-order valence-corrected chi connectivity index (χ2v) is 7.15. The molecular weight excluding hydrogens is 323 g/mol. The van der Waals surface area contributed by atoms with Gasteiger partial charge in [0, 0.05) is 30.6 Å². The Morgan fingerprint density at radius 2 is 2.16 bits per heavy atom. The third kappa shape index (κ3) is 4.77. The summed E-state index contributed by atoms with van der Waals surface area (Å²) < 4.78 is 13.7. The number of halogens is 1. The Morgan fingerprint density at radius 3 is 2.80 bits per heavy atom. The number of aliphatic hydroxyl groups is 2. The molecule has 0 saturated carbocycles. The van der Waals surface area contributed by atoms with E-state index in [0.29, 0.717) is 38.0 Å². The Balaban J connectivity index is 1.97. The fraction of sp³-hybridized carbons (Fsp3) is 0.632. The largest absolute Gasteiger partial charge is 0.396 e. The van der Waals surface area contributed by atoms with Crippen LogP contribution in [0.25, 0.3) is 0 Å². The Labute approximate surface area is 149 Å². The summed E-state index contributed by atoms with van der Waals surface area (Å²) in [6.45, 7) is 3.26. The predicted molar refractivity (Wildman–Crippen MR) is 94.4 cm³/mol. The first-order valence-electron chi connectivity index (χ1n) is 8.90. The molecule has 0 spiro atoms. The monoisotopic (exact) mass is 352 g/mol. The molecule has 6 heteroatoms. The average molecular weight is 352 g/mol. The van der Waals surface area contributed by atoms with Gasteiger partial charge in [-0.2, -0.15) is 0 Å². The lowest BCUT2D eigenvalue weighted by Gasteiger charge is -2.45. The van der Waals surface area contributed by atoms with Crippen LogP contribution in [0.3, 0.4) is 0 Å². The van der Waals surface area contributed by atoms with Crippen molar-refractivity contribution in [3.8, 4) is 0 Å². The minimum Gasteiger partial charge on any atom is -0.396 e. The summed E-state index contributed by atoms with van der Waals surface area (Å²) in [4.78, 5) is 16.1. The van der Waals surface area contributed by atoms with Gasteiger partial charge in [-0.05, 0) is 26.0 Å². The summed E-state index contributed by atoms with van der Waals surface area (Å²) >= 11 is 0. The number of likely N-dealkylation sites (N-methyl/N-ethyl adjacent to an activating group) is 1. The third-order valence-corrected chi connectivity index (χ3v) is 5.10. The van der Waals surface area contributed by atoms with E-state index in [1.165, 1.54) is 6.07 Å². The van der Waals surface area contributed by atoms with Crippen molar-refractivity contribution in [2.45, 2.75) is 38.8 Å². The van der Waals surface area contributed by atoms with E-state index < -0.39 is 11.5 Å². The molecule has 1 amide bonds. The lowest BCUT2D eigenvalue weighted by atomic mass is 9.74. The zero-order valence-electron chi connectivity index (χ0n) is 15.1. The van der Waals surface area contributed by atoms with Gasteiger partial charge in [0.2, 0.25) is 5.91 Å². The molecule has 1 aliphatic heterocycles. The average Bonchev–Trinajstić information content (AvgIpc) is 2.59. The second kappa shape index (κ2) is 8.74. The molecular formula is C19H29FN2O3. The topological polar surface area (TPSA) is 64.0 Å². The standard InChI is InChI=1S/C19H29FN2O3/c1-3-9-19(14-23)13-22(10-8-17(19)24)18(25)12-21(2)11-15-6-4-5-7-16(15)20/h4-7,17,23-24H,3,8-14H2,1-2H3/t17-,19-/m0/s1. The highest BCUT2D eigenvalue weighted by molar-refractivity contribution is 5.78. The molecule has 1 aliphatic rings. The molecule has 2 atom stereocenters. The molecule has 25 heavy (non-hydrogen) atoms. The molecule has 2 N–H and O–H groups in total. The molecule has 0 aromatic heterocycles. The van der Waals surface area contributed by atoms with Crippen LogP contribution in [0.5, 0.6) is 0 Å². The van der Waals surface area contributed by atoms with Gasteiger partial charge in [0.05, 0.1) is 19.3 Å². The molecule has 0 unspecified atom stereocenters. The Bertz CT molecular complexity index is 584. The molecule has 1 fully saturated rings. The van der Waals surface area contributed by atoms with Gasteiger partial charge in [0.1, 0.15) is 5.82 Å². The van der Waals surface area contributed by atoms with Crippen molar-refractivity contribution in [3.05, 3.63) is 35.6 Å². The smallest absolute Gasteiger partial charge is 0.236 e. The highest BCUT2D eigenvalue weighted by Gasteiger charge is 2.42. The first-order chi connectivity index (χ1) is 11.9. The highest BCUT2D eigenvalue weighted by Crippen LogP contribution is 2.34. The third-order valence-electron chi connectivity index (χ3n) is 5.10. The molecule has 1 saturated heterocycles. The quantitative estimate of drug-likeness (QED) is 0.783. The van der Waals surface area contributed by atoms with Crippen LogP contribution >= 0.6 is 0 Å². The number of rotatable bonds is 7. The molecule has 1 heterocycles. The van der Waals surface area contributed by atoms with E-state index in [1.54, 1.807) is 35.0 Å². The van der Waals surface area contributed by atoms with Crippen molar-refractivity contribution in [2.24, 2.45) is 5.41 Å². The number of piperidine rings is 1. The first kappa shape index (κ1) is 19.8. The summed E-state index contributed by atoms with van der Waals surface area (Å²) in [6.07, 6.45) is 1.41. The first-order valence-corrected chi connectivity index (χ1v) is 8.90. The molecule has 0 bridgehead atoms. The van der Waals surface area contributed by atoms with Crippen LogP contribution in [0, 0.1) is 11.2 Å². The van der Waals surface area contributed by atoms with E-state index in [0.717, 1.165) is 6.42 Å². The fourth-order valence-electron chi connectivity index (χ4n) is 3.64. The van der Waals surface area contributed by atoms with E-state index >= 15 is 0 Å². The van der Waals surface area contributed by atoms with Crippen molar-refractivity contribution in [2.75, 3.05) is 33.3 Å². The van der Waals surface area contributed by atoms with E-state index in [9.17, 15) is 19.4 Å². The number of carbonyl (C=O) groups is 1. The maximum Gasteiger partial charge on any atom is 0.236 e. The van der Waals surface area contributed by atoms with Crippen LogP contribution < -0.4 is 0 Å². The lowest BCUT2D eigenvalue weighted by Crippen LogP contribution is -2.56. The van der Waals surface area contributed by atoms with Gasteiger partial charge < -0.3 is 15.1 Å². The fourth-order valence-corrected chi connectivity index (χ4v) is 3.64. The molecule has 0 aliphatic carbocycles. The van der Waals surface area contributed by atoms with Gasteiger partial charge in [-0.25, -0.2) is 4.39 Å². The van der Waals surface area contributed by atoms with E-state index in [1.807, 2.05) is 6.92 Å². The number of likely N-dealkylation sites (tertiary alicyclic amines) is 1. The van der Waals surface area contributed by atoms with Gasteiger partial charge in [0.15, 0.2) is 0 Å². The number of aliphatic hydroxyl groups excluding tert-OH is 2. The van der Waals surface area contributed by atoms with Crippen molar-refractivity contribution < 1.29 is 19.4 Å². The highest BCUT2D eigenvalue weighted by atomic mass is 19.1. The summed E-state index contributed by atoms with van der Waals surface area (Å²) in [6, 6.07) is 6.55.